The highest BCUT2D eigenvalue weighted by molar-refractivity contribution is 5.79. The van der Waals surface area contributed by atoms with Crippen molar-refractivity contribution in [3.63, 3.8) is 0 Å². The first-order valence-corrected chi connectivity index (χ1v) is 9.27. The number of ether oxygens (including phenoxy) is 3. The van der Waals surface area contributed by atoms with Crippen molar-refractivity contribution in [1.29, 1.82) is 0 Å². The van der Waals surface area contributed by atoms with Crippen molar-refractivity contribution >= 4 is 5.96 Å². The fraction of sp³-hybridized carbons (Fsp3) is 0.632. The summed E-state index contributed by atoms with van der Waals surface area (Å²) in [4.78, 5) is 6.65. The third-order valence-electron chi connectivity index (χ3n) is 4.23. The molecule has 0 aromatic heterocycles. The molecule has 2 rings (SSSR count). The Bertz CT molecular complexity index is 516. The number of methoxy groups -OCH3 is 1. The SMILES string of the molecule is CN=C(NCCCOCc1ccc(OC)cc1)NCCN1CCOCC1. The van der Waals surface area contributed by atoms with Gasteiger partial charge in [-0.3, -0.25) is 9.89 Å². The van der Waals surface area contributed by atoms with Crippen LogP contribution in [0, 0.1) is 0 Å². The Hall–Kier alpha value is -1.83. The van der Waals surface area contributed by atoms with E-state index in [9.17, 15) is 0 Å². The Balaban J connectivity index is 1.49. The van der Waals surface area contributed by atoms with Gasteiger partial charge in [0.2, 0.25) is 0 Å². The molecule has 2 N–H and O–H groups in total. The molecule has 0 aliphatic carbocycles. The number of nitrogens with one attached hydrogen (secondary N) is 2. The van der Waals surface area contributed by atoms with Gasteiger partial charge in [0.1, 0.15) is 5.75 Å². The van der Waals surface area contributed by atoms with E-state index in [1.54, 1.807) is 14.2 Å². The summed E-state index contributed by atoms with van der Waals surface area (Å²) in [7, 11) is 3.47. The normalized spacial score (nSPS) is 15.7. The largest absolute Gasteiger partial charge is 0.497 e. The van der Waals surface area contributed by atoms with Gasteiger partial charge in [-0.05, 0) is 24.1 Å². The highest BCUT2D eigenvalue weighted by atomic mass is 16.5. The van der Waals surface area contributed by atoms with E-state index in [0.29, 0.717) is 13.2 Å². The second kappa shape index (κ2) is 12.5. The predicted molar refractivity (Wildman–Crippen MR) is 104 cm³/mol. The number of guanidine groups is 1. The van der Waals surface area contributed by atoms with Crippen molar-refractivity contribution in [3.05, 3.63) is 29.8 Å². The number of aliphatic imine (C=N–C) groups is 1. The van der Waals surface area contributed by atoms with Gasteiger partial charge < -0.3 is 24.8 Å². The Morgan fingerprint density at radius 3 is 2.58 bits per heavy atom. The minimum atomic E-state index is 0.622. The van der Waals surface area contributed by atoms with Crippen LogP contribution >= 0.6 is 0 Å². The van der Waals surface area contributed by atoms with Crippen LogP contribution in [0.5, 0.6) is 5.75 Å². The molecule has 7 nitrogen and oxygen atoms in total. The number of rotatable bonds is 10. The lowest BCUT2D eigenvalue weighted by Gasteiger charge is -2.26. The van der Waals surface area contributed by atoms with Crippen LogP contribution in [0.25, 0.3) is 0 Å². The van der Waals surface area contributed by atoms with E-state index in [2.05, 4.69) is 20.5 Å². The van der Waals surface area contributed by atoms with Crippen molar-refractivity contribution in [2.24, 2.45) is 4.99 Å². The van der Waals surface area contributed by atoms with Gasteiger partial charge in [-0.1, -0.05) is 12.1 Å². The molecule has 1 aromatic rings. The van der Waals surface area contributed by atoms with Crippen LogP contribution in [0.3, 0.4) is 0 Å². The maximum absolute atomic E-state index is 5.71. The van der Waals surface area contributed by atoms with E-state index >= 15 is 0 Å². The first-order chi connectivity index (χ1) is 12.8. The Kier molecular flexibility index (Phi) is 9.86. The van der Waals surface area contributed by atoms with Gasteiger partial charge in [-0.25, -0.2) is 0 Å². The van der Waals surface area contributed by atoms with Gasteiger partial charge in [0.05, 0.1) is 26.9 Å². The molecule has 0 unspecified atom stereocenters. The summed E-state index contributed by atoms with van der Waals surface area (Å²) in [6, 6.07) is 7.95. The molecule has 1 aromatic carbocycles. The van der Waals surface area contributed by atoms with Crippen LogP contribution in [0.2, 0.25) is 0 Å². The third kappa shape index (κ3) is 8.03. The molecule has 1 fully saturated rings. The molecule has 1 heterocycles. The lowest BCUT2D eigenvalue weighted by molar-refractivity contribution is 0.0389. The minimum Gasteiger partial charge on any atom is -0.497 e. The molecular weight excluding hydrogens is 332 g/mol. The van der Waals surface area contributed by atoms with Crippen molar-refractivity contribution in [3.8, 4) is 5.75 Å². The van der Waals surface area contributed by atoms with Gasteiger partial charge in [-0.2, -0.15) is 0 Å². The number of morpholine rings is 1. The highest BCUT2D eigenvalue weighted by Crippen LogP contribution is 2.11. The molecule has 7 heteroatoms. The maximum Gasteiger partial charge on any atom is 0.191 e. The summed E-state index contributed by atoms with van der Waals surface area (Å²) >= 11 is 0. The highest BCUT2D eigenvalue weighted by Gasteiger charge is 2.09. The lowest BCUT2D eigenvalue weighted by Crippen LogP contribution is -2.44. The molecule has 0 spiro atoms. The lowest BCUT2D eigenvalue weighted by atomic mass is 10.2. The van der Waals surface area contributed by atoms with E-state index in [0.717, 1.165) is 69.6 Å². The van der Waals surface area contributed by atoms with Crippen LogP contribution < -0.4 is 15.4 Å². The number of hydrogen-bond acceptors (Lipinski definition) is 5. The van der Waals surface area contributed by atoms with Crippen molar-refractivity contribution in [1.82, 2.24) is 15.5 Å². The van der Waals surface area contributed by atoms with Crippen molar-refractivity contribution in [2.45, 2.75) is 13.0 Å². The van der Waals surface area contributed by atoms with Gasteiger partial charge in [0.25, 0.3) is 0 Å². The first kappa shape index (κ1) is 20.5. The van der Waals surface area contributed by atoms with E-state index < -0.39 is 0 Å². The molecule has 1 aliphatic heterocycles. The number of nitrogens with zero attached hydrogens (tertiary/aromatic N) is 2. The quantitative estimate of drug-likeness (QED) is 0.368. The summed E-state index contributed by atoms with van der Waals surface area (Å²) < 4.78 is 16.2. The van der Waals surface area contributed by atoms with Crippen molar-refractivity contribution < 1.29 is 14.2 Å². The van der Waals surface area contributed by atoms with Crippen LogP contribution in [0.4, 0.5) is 0 Å². The second-order valence-electron chi connectivity index (χ2n) is 6.13. The van der Waals surface area contributed by atoms with Gasteiger partial charge in [-0.15, -0.1) is 0 Å². The molecule has 1 aliphatic rings. The summed E-state index contributed by atoms with van der Waals surface area (Å²) in [6.07, 6.45) is 0.931. The fourth-order valence-electron chi connectivity index (χ4n) is 2.67. The average Bonchev–Trinajstić information content (AvgIpc) is 2.70. The monoisotopic (exact) mass is 364 g/mol. The smallest absolute Gasteiger partial charge is 0.191 e. The van der Waals surface area contributed by atoms with E-state index in [-0.39, 0.29) is 0 Å². The molecule has 0 bridgehead atoms. The zero-order chi connectivity index (χ0) is 18.5. The summed E-state index contributed by atoms with van der Waals surface area (Å²) in [5.74, 6) is 1.71. The van der Waals surface area contributed by atoms with Crippen LogP contribution in [0.15, 0.2) is 29.3 Å². The van der Waals surface area contributed by atoms with E-state index in [4.69, 9.17) is 14.2 Å². The summed E-state index contributed by atoms with van der Waals surface area (Å²) in [5.41, 5.74) is 1.15. The molecule has 146 valence electrons. The molecule has 0 saturated carbocycles. The van der Waals surface area contributed by atoms with Gasteiger partial charge >= 0.3 is 0 Å². The summed E-state index contributed by atoms with van der Waals surface area (Å²) in [6.45, 7) is 7.76. The fourth-order valence-corrected chi connectivity index (χ4v) is 2.67. The first-order valence-electron chi connectivity index (χ1n) is 9.27. The maximum atomic E-state index is 5.71. The van der Waals surface area contributed by atoms with Crippen LogP contribution in [-0.2, 0) is 16.1 Å². The van der Waals surface area contributed by atoms with Gasteiger partial charge in [0.15, 0.2) is 5.96 Å². The van der Waals surface area contributed by atoms with E-state index in [1.165, 1.54) is 0 Å². The Morgan fingerprint density at radius 1 is 1.15 bits per heavy atom. The topological polar surface area (TPSA) is 67.4 Å². The minimum absolute atomic E-state index is 0.622. The number of benzene rings is 1. The summed E-state index contributed by atoms with van der Waals surface area (Å²) in [5, 5.41) is 6.67. The van der Waals surface area contributed by atoms with Crippen LogP contribution in [0.1, 0.15) is 12.0 Å². The molecule has 0 atom stereocenters. The van der Waals surface area contributed by atoms with Gasteiger partial charge in [0, 0.05) is 46.4 Å². The molecule has 26 heavy (non-hydrogen) atoms. The van der Waals surface area contributed by atoms with E-state index in [1.807, 2.05) is 24.3 Å². The Morgan fingerprint density at radius 2 is 1.88 bits per heavy atom. The van der Waals surface area contributed by atoms with Crippen LogP contribution in [-0.4, -0.2) is 77.6 Å². The zero-order valence-corrected chi connectivity index (χ0v) is 16.0. The Labute approximate surface area is 156 Å². The average molecular weight is 364 g/mol. The second-order valence-corrected chi connectivity index (χ2v) is 6.13. The molecule has 1 saturated heterocycles. The third-order valence-corrected chi connectivity index (χ3v) is 4.23. The number of hydrogen-bond donors (Lipinski definition) is 2. The molecule has 0 amide bonds. The predicted octanol–water partition coefficient (Wildman–Crippen LogP) is 1.10. The standard InChI is InChI=1S/C19H32N4O3/c1-20-19(22-9-10-23-11-14-25-15-12-23)21-8-3-13-26-16-17-4-6-18(24-2)7-5-17/h4-7H,3,8-16H2,1-2H3,(H2,20,21,22). The molecular formula is C19H32N4O3. The van der Waals surface area contributed by atoms with Crippen molar-refractivity contribution in [2.75, 3.05) is 66.7 Å². The zero-order valence-electron chi connectivity index (χ0n) is 16.0. The molecule has 0 radical (unpaired) electrons.